The molecule has 0 aromatic heterocycles. The van der Waals surface area contributed by atoms with Gasteiger partial charge in [-0.2, -0.15) is 16.9 Å². The molecule has 0 saturated carbocycles. The average molecular weight is 201 g/mol. The molecule has 6 heteroatoms. The van der Waals surface area contributed by atoms with Crippen LogP contribution < -0.4 is 11.2 Å². The van der Waals surface area contributed by atoms with Gasteiger partial charge in [-0.15, -0.1) is 0 Å². The normalized spacial score (nSPS) is 16.5. The van der Waals surface area contributed by atoms with Crippen LogP contribution in [0.2, 0.25) is 0 Å². The first-order valence-corrected chi connectivity index (χ1v) is 5.08. The molecule has 0 radical (unpaired) electrons. The van der Waals surface area contributed by atoms with Crippen LogP contribution in [0.4, 0.5) is 0 Å². The van der Waals surface area contributed by atoms with Gasteiger partial charge in [0.1, 0.15) is 0 Å². The number of thioether (sulfide) groups is 1. The molecule has 0 aromatic rings. The van der Waals surface area contributed by atoms with Crippen molar-refractivity contribution in [1.29, 1.82) is 0 Å². The fourth-order valence-corrected chi connectivity index (χ4v) is 1.87. The lowest BCUT2D eigenvalue weighted by atomic mass is 10.2. The number of primary amides is 1. The number of nitrogens with zero attached hydrogens (tertiary/aromatic N) is 1. The smallest absolute Gasteiger partial charge is 0.329 e. The van der Waals surface area contributed by atoms with E-state index in [0.717, 1.165) is 30.1 Å². The Morgan fingerprint density at radius 3 is 2.54 bits per heavy atom. The third-order valence-corrected chi connectivity index (χ3v) is 2.59. The number of nitrogens with one attached hydrogen (secondary N) is 1. The number of hydrazone groups is 1. The van der Waals surface area contributed by atoms with Crippen molar-refractivity contribution in [2.75, 3.05) is 11.5 Å². The maximum Gasteiger partial charge on any atom is 0.329 e. The topological polar surface area (TPSA) is 84.5 Å². The molecule has 1 saturated heterocycles. The number of carbonyl (C=O) groups excluding carboxylic acids is 2. The van der Waals surface area contributed by atoms with Crippen LogP contribution >= 0.6 is 11.8 Å². The number of hydrogen-bond donors (Lipinski definition) is 2. The molecule has 5 nitrogen and oxygen atoms in total. The molecule has 0 aliphatic carbocycles. The van der Waals surface area contributed by atoms with Crippen molar-refractivity contribution in [2.45, 2.75) is 12.8 Å². The van der Waals surface area contributed by atoms with E-state index in [9.17, 15) is 9.59 Å². The van der Waals surface area contributed by atoms with E-state index in [1.807, 2.05) is 11.8 Å². The molecule has 1 heterocycles. The highest BCUT2D eigenvalue weighted by Gasteiger charge is 2.10. The summed E-state index contributed by atoms with van der Waals surface area (Å²) in [7, 11) is 0. The van der Waals surface area contributed by atoms with Crippen LogP contribution in [0.25, 0.3) is 0 Å². The van der Waals surface area contributed by atoms with Crippen molar-refractivity contribution in [1.82, 2.24) is 5.43 Å². The summed E-state index contributed by atoms with van der Waals surface area (Å²) < 4.78 is 0. The highest BCUT2D eigenvalue weighted by atomic mass is 32.2. The highest BCUT2D eigenvalue weighted by molar-refractivity contribution is 7.99. The maximum atomic E-state index is 10.7. The fourth-order valence-electron chi connectivity index (χ4n) is 0.904. The molecule has 1 aliphatic heterocycles. The maximum absolute atomic E-state index is 10.7. The molecular formula is C7H11N3O2S. The van der Waals surface area contributed by atoms with Crippen LogP contribution in [0, 0.1) is 0 Å². The first-order chi connectivity index (χ1) is 6.20. The second kappa shape index (κ2) is 4.86. The minimum absolute atomic E-state index is 0.856. The van der Waals surface area contributed by atoms with Gasteiger partial charge in [-0.1, -0.05) is 0 Å². The van der Waals surface area contributed by atoms with Crippen molar-refractivity contribution in [3.63, 3.8) is 0 Å². The monoisotopic (exact) mass is 201 g/mol. The average Bonchev–Trinajstić information content (AvgIpc) is 2.15. The van der Waals surface area contributed by atoms with Crippen molar-refractivity contribution >= 4 is 29.3 Å². The van der Waals surface area contributed by atoms with Crippen LogP contribution in [0.1, 0.15) is 12.8 Å². The van der Waals surface area contributed by atoms with Crippen LogP contribution in [0.3, 0.4) is 0 Å². The van der Waals surface area contributed by atoms with E-state index >= 15 is 0 Å². The van der Waals surface area contributed by atoms with Crippen LogP contribution in [0.15, 0.2) is 5.10 Å². The zero-order valence-electron chi connectivity index (χ0n) is 7.08. The van der Waals surface area contributed by atoms with Crippen LogP contribution in [-0.2, 0) is 9.59 Å². The van der Waals surface area contributed by atoms with Crippen LogP contribution in [-0.4, -0.2) is 29.0 Å². The Kier molecular flexibility index (Phi) is 3.75. The van der Waals surface area contributed by atoms with E-state index in [-0.39, 0.29) is 0 Å². The van der Waals surface area contributed by atoms with Gasteiger partial charge >= 0.3 is 11.8 Å². The summed E-state index contributed by atoms with van der Waals surface area (Å²) in [5.74, 6) is 0.177. The van der Waals surface area contributed by atoms with E-state index in [1.165, 1.54) is 0 Å². The molecule has 1 fully saturated rings. The molecule has 2 amide bonds. The molecule has 72 valence electrons. The molecule has 1 aliphatic rings. The van der Waals surface area contributed by atoms with Crippen molar-refractivity contribution in [3.8, 4) is 0 Å². The quantitative estimate of drug-likeness (QED) is 0.442. The lowest BCUT2D eigenvalue weighted by Crippen LogP contribution is -2.33. The largest absolute Gasteiger partial charge is 0.361 e. The molecular weight excluding hydrogens is 190 g/mol. The Labute approximate surface area is 80.1 Å². The lowest BCUT2D eigenvalue weighted by molar-refractivity contribution is -0.137. The Morgan fingerprint density at radius 2 is 2.00 bits per heavy atom. The van der Waals surface area contributed by atoms with E-state index in [4.69, 9.17) is 5.73 Å². The zero-order chi connectivity index (χ0) is 9.68. The Morgan fingerprint density at radius 1 is 1.38 bits per heavy atom. The highest BCUT2D eigenvalue weighted by Crippen LogP contribution is 2.13. The Bertz CT molecular complexity index is 244. The third-order valence-electron chi connectivity index (χ3n) is 1.61. The number of hydrogen-bond acceptors (Lipinski definition) is 4. The summed E-state index contributed by atoms with van der Waals surface area (Å²) in [6, 6.07) is 0. The van der Waals surface area contributed by atoms with Crippen molar-refractivity contribution < 1.29 is 9.59 Å². The van der Waals surface area contributed by atoms with Gasteiger partial charge in [0.15, 0.2) is 0 Å². The predicted octanol–water partition coefficient (Wildman–Crippen LogP) is -0.529. The number of nitrogens with two attached hydrogens (primary N) is 1. The standard InChI is InChI=1S/C7H11N3O2S/c8-6(11)7(12)10-9-5-1-3-13-4-2-5/h1-4H2,(H2,8,11)(H,10,12). The molecule has 0 unspecified atom stereocenters. The molecule has 0 aromatic carbocycles. The zero-order valence-corrected chi connectivity index (χ0v) is 7.89. The summed E-state index contributed by atoms with van der Waals surface area (Å²) >= 11 is 1.85. The van der Waals surface area contributed by atoms with E-state index < -0.39 is 11.8 Å². The van der Waals surface area contributed by atoms with Crippen molar-refractivity contribution in [2.24, 2.45) is 10.8 Å². The Hall–Kier alpha value is -1.04. The lowest BCUT2D eigenvalue weighted by Gasteiger charge is -2.11. The fraction of sp³-hybridized carbons (Fsp3) is 0.571. The SMILES string of the molecule is NC(=O)C(=O)NN=C1CCSCC1. The van der Waals surface area contributed by atoms with Gasteiger partial charge in [0.05, 0.1) is 0 Å². The number of amides is 2. The minimum atomic E-state index is -1.01. The molecule has 1 rings (SSSR count). The van der Waals surface area contributed by atoms with Gasteiger partial charge in [0.2, 0.25) is 0 Å². The molecule has 3 N–H and O–H groups in total. The second-order valence-electron chi connectivity index (χ2n) is 2.60. The van der Waals surface area contributed by atoms with Crippen molar-refractivity contribution in [3.05, 3.63) is 0 Å². The summed E-state index contributed by atoms with van der Waals surface area (Å²) in [4.78, 5) is 21.0. The molecule has 0 bridgehead atoms. The summed E-state index contributed by atoms with van der Waals surface area (Å²) in [5, 5.41) is 3.81. The van der Waals surface area contributed by atoms with Gasteiger partial charge in [0.25, 0.3) is 0 Å². The van der Waals surface area contributed by atoms with Gasteiger partial charge in [-0.3, -0.25) is 9.59 Å². The summed E-state index contributed by atoms with van der Waals surface area (Å²) in [6.07, 6.45) is 1.73. The van der Waals surface area contributed by atoms with Gasteiger partial charge in [0, 0.05) is 5.71 Å². The first-order valence-electron chi connectivity index (χ1n) is 3.93. The number of rotatable bonds is 1. The molecule has 13 heavy (non-hydrogen) atoms. The van der Waals surface area contributed by atoms with Gasteiger partial charge in [-0.25, -0.2) is 5.43 Å². The Balaban J connectivity index is 2.37. The number of carbonyl (C=O) groups is 2. The summed E-state index contributed by atoms with van der Waals surface area (Å²) in [5.41, 5.74) is 7.77. The van der Waals surface area contributed by atoms with Crippen LogP contribution in [0.5, 0.6) is 0 Å². The van der Waals surface area contributed by atoms with E-state index in [1.54, 1.807) is 0 Å². The predicted molar refractivity (Wildman–Crippen MR) is 51.3 cm³/mol. The summed E-state index contributed by atoms with van der Waals surface area (Å²) in [6.45, 7) is 0. The second-order valence-corrected chi connectivity index (χ2v) is 3.82. The van der Waals surface area contributed by atoms with Gasteiger partial charge < -0.3 is 5.73 Å². The minimum Gasteiger partial charge on any atom is -0.361 e. The van der Waals surface area contributed by atoms with E-state index in [0.29, 0.717) is 0 Å². The van der Waals surface area contributed by atoms with E-state index in [2.05, 4.69) is 10.5 Å². The molecule has 0 spiro atoms. The first kappa shape index (κ1) is 10.0. The van der Waals surface area contributed by atoms with Gasteiger partial charge in [-0.05, 0) is 24.3 Å². The molecule has 0 atom stereocenters. The third kappa shape index (κ3) is 3.45.